The molecule has 0 radical (unpaired) electrons. The second-order valence-electron chi connectivity index (χ2n) is 5.04. The number of aliphatic imine (C=N–C) groups is 1. The van der Waals surface area contributed by atoms with Gasteiger partial charge in [0.05, 0.1) is 6.04 Å². The van der Waals surface area contributed by atoms with E-state index in [0.29, 0.717) is 5.92 Å². The zero-order valence-electron chi connectivity index (χ0n) is 10.6. The molecule has 0 fully saturated rings. The lowest BCUT2D eigenvalue weighted by molar-refractivity contribution is 0.666. The topological polar surface area (TPSA) is 38.4 Å². The van der Waals surface area contributed by atoms with Crippen molar-refractivity contribution in [2.75, 3.05) is 5.73 Å². The largest absolute Gasteiger partial charge is 0.399 e. The Bertz CT molecular complexity index is 427. The van der Waals surface area contributed by atoms with E-state index >= 15 is 0 Å². The van der Waals surface area contributed by atoms with Crippen LogP contribution in [0.5, 0.6) is 0 Å². The van der Waals surface area contributed by atoms with Crippen molar-refractivity contribution >= 4 is 11.4 Å². The minimum absolute atomic E-state index is 0.273. The number of nitrogens with two attached hydrogens (primary N) is 1. The van der Waals surface area contributed by atoms with Gasteiger partial charge in [-0.25, -0.2) is 0 Å². The van der Waals surface area contributed by atoms with Crippen LogP contribution in [-0.4, -0.2) is 5.71 Å². The van der Waals surface area contributed by atoms with Crippen LogP contribution in [0.2, 0.25) is 0 Å². The Hall–Kier alpha value is -1.57. The van der Waals surface area contributed by atoms with Gasteiger partial charge >= 0.3 is 0 Å². The van der Waals surface area contributed by atoms with Crippen molar-refractivity contribution in [2.45, 2.75) is 32.7 Å². The zero-order valence-corrected chi connectivity index (χ0v) is 10.6. The van der Waals surface area contributed by atoms with E-state index in [1.807, 2.05) is 12.1 Å². The summed E-state index contributed by atoms with van der Waals surface area (Å²) in [5.74, 6) is 0.656. The first-order valence-corrected chi connectivity index (χ1v) is 6.24. The standard InChI is InChI=1S/C15H20N2/c1-11(2)10-14-4-3-5-15(17-14)12-6-8-13(16)9-7-12/h3-4,6-9,11,15H,5,10,16H2,1-2H3. The third kappa shape index (κ3) is 3.19. The average Bonchev–Trinajstić information content (AvgIpc) is 2.29. The molecule has 0 aromatic heterocycles. The lowest BCUT2D eigenvalue weighted by atomic mass is 9.98. The summed E-state index contributed by atoms with van der Waals surface area (Å²) in [6.45, 7) is 4.45. The van der Waals surface area contributed by atoms with Crippen LogP contribution in [0, 0.1) is 5.92 Å². The van der Waals surface area contributed by atoms with Crippen molar-refractivity contribution in [1.82, 2.24) is 0 Å². The zero-order chi connectivity index (χ0) is 12.3. The van der Waals surface area contributed by atoms with Crippen molar-refractivity contribution in [2.24, 2.45) is 10.9 Å². The summed E-state index contributed by atoms with van der Waals surface area (Å²) in [5.41, 5.74) is 8.98. The number of allylic oxidation sites excluding steroid dienone is 1. The molecule has 1 aliphatic heterocycles. The fourth-order valence-electron chi connectivity index (χ4n) is 2.10. The normalized spacial score (nSPS) is 19.5. The monoisotopic (exact) mass is 228 g/mol. The Morgan fingerprint density at radius 2 is 2.00 bits per heavy atom. The van der Waals surface area contributed by atoms with Gasteiger partial charge < -0.3 is 5.73 Å². The van der Waals surface area contributed by atoms with Crippen molar-refractivity contribution < 1.29 is 0 Å². The molecule has 2 rings (SSSR count). The first-order chi connectivity index (χ1) is 8.15. The third-order valence-corrected chi connectivity index (χ3v) is 2.93. The number of benzene rings is 1. The summed E-state index contributed by atoms with van der Waals surface area (Å²) in [6.07, 6.45) is 6.44. The van der Waals surface area contributed by atoms with Gasteiger partial charge in [0.15, 0.2) is 0 Å². The van der Waals surface area contributed by atoms with Gasteiger partial charge in [-0.3, -0.25) is 4.99 Å². The van der Waals surface area contributed by atoms with E-state index in [1.165, 1.54) is 11.3 Å². The van der Waals surface area contributed by atoms with Gasteiger partial charge in [0.2, 0.25) is 0 Å². The van der Waals surface area contributed by atoms with Gasteiger partial charge in [-0.1, -0.05) is 32.1 Å². The molecular weight excluding hydrogens is 208 g/mol. The first-order valence-electron chi connectivity index (χ1n) is 6.24. The Balaban J connectivity index is 2.14. The molecule has 1 unspecified atom stereocenters. The molecule has 2 nitrogen and oxygen atoms in total. The molecule has 0 spiro atoms. The van der Waals surface area contributed by atoms with Crippen LogP contribution in [0.4, 0.5) is 5.69 Å². The third-order valence-electron chi connectivity index (χ3n) is 2.93. The van der Waals surface area contributed by atoms with E-state index in [-0.39, 0.29) is 6.04 Å². The lowest BCUT2D eigenvalue weighted by Crippen LogP contribution is -2.08. The van der Waals surface area contributed by atoms with E-state index in [1.54, 1.807) is 0 Å². The molecular formula is C15H20N2. The molecule has 1 aromatic carbocycles. The summed E-state index contributed by atoms with van der Waals surface area (Å²) in [4.78, 5) is 4.81. The van der Waals surface area contributed by atoms with Gasteiger partial charge in [-0.05, 0) is 42.5 Å². The summed E-state index contributed by atoms with van der Waals surface area (Å²) < 4.78 is 0. The van der Waals surface area contributed by atoms with Crippen LogP contribution in [0.25, 0.3) is 0 Å². The smallest absolute Gasteiger partial charge is 0.0786 e. The molecule has 0 aliphatic carbocycles. The quantitative estimate of drug-likeness (QED) is 0.786. The molecule has 0 saturated heterocycles. The van der Waals surface area contributed by atoms with Gasteiger partial charge in [-0.15, -0.1) is 0 Å². The van der Waals surface area contributed by atoms with E-state index in [4.69, 9.17) is 10.7 Å². The molecule has 1 aromatic rings. The van der Waals surface area contributed by atoms with Crippen LogP contribution in [0.15, 0.2) is 41.4 Å². The van der Waals surface area contributed by atoms with Crippen molar-refractivity contribution in [3.8, 4) is 0 Å². The van der Waals surface area contributed by atoms with Gasteiger partial charge in [0, 0.05) is 11.4 Å². The molecule has 1 atom stereocenters. The predicted molar refractivity (Wildman–Crippen MR) is 74.2 cm³/mol. The summed E-state index contributed by atoms with van der Waals surface area (Å²) in [7, 11) is 0. The van der Waals surface area contributed by atoms with Gasteiger partial charge in [0.1, 0.15) is 0 Å². The van der Waals surface area contributed by atoms with Crippen LogP contribution >= 0.6 is 0 Å². The highest BCUT2D eigenvalue weighted by Crippen LogP contribution is 2.26. The molecule has 0 saturated carbocycles. The molecule has 1 aliphatic rings. The lowest BCUT2D eigenvalue weighted by Gasteiger charge is -2.17. The number of anilines is 1. The number of nitrogen functional groups attached to an aromatic ring is 1. The summed E-state index contributed by atoms with van der Waals surface area (Å²) >= 11 is 0. The molecule has 2 heteroatoms. The van der Waals surface area contributed by atoms with Crippen molar-refractivity contribution in [3.05, 3.63) is 42.0 Å². The Morgan fingerprint density at radius 3 is 2.65 bits per heavy atom. The van der Waals surface area contributed by atoms with E-state index in [9.17, 15) is 0 Å². The fourth-order valence-corrected chi connectivity index (χ4v) is 2.10. The van der Waals surface area contributed by atoms with Crippen LogP contribution in [0.1, 0.15) is 38.3 Å². The maximum atomic E-state index is 5.70. The van der Waals surface area contributed by atoms with Crippen molar-refractivity contribution in [1.29, 1.82) is 0 Å². The molecule has 1 heterocycles. The highest BCUT2D eigenvalue weighted by atomic mass is 14.8. The number of nitrogens with zero attached hydrogens (tertiary/aromatic N) is 1. The molecule has 17 heavy (non-hydrogen) atoms. The number of dihydropyridines is 1. The maximum Gasteiger partial charge on any atom is 0.0786 e. The predicted octanol–water partition coefficient (Wildman–Crippen LogP) is 3.76. The molecule has 0 bridgehead atoms. The maximum absolute atomic E-state index is 5.70. The molecule has 2 N–H and O–H groups in total. The highest BCUT2D eigenvalue weighted by molar-refractivity contribution is 5.95. The van der Waals surface area contributed by atoms with E-state index in [0.717, 1.165) is 18.5 Å². The van der Waals surface area contributed by atoms with Gasteiger partial charge in [-0.2, -0.15) is 0 Å². The Labute approximate surface area is 103 Å². The molecule has 90 valence electrons. The van der Waals surface area contributed by atoms with Crippen LogP contribution in [0.3, 0.4) is 0 Å². The van der Waals surface area contributed by atoms with Crippen LogP contribution < -0.4 is 5.73 Å². The number of hydrogen-bond acceptors (Lipinski definition) is 2. The highest BCUT2D eigenvalue weighted by Gasteiger charge is 2.13. The van der Waals surface area contributed by atoms with Crippen LogP contribution in [-0.2, 0) is 0 Å². The van der Waals surface area contributed by atoms with Crippen molar-refractivity contribution in [3.63, 3.8) is 0 Å². The molecule has 0 amide bonds. The minimum Gasteiger partial charge on any atom is -0.399 e. The first kappa shape index (κ1) is 11.9. The second kappa shape index (κ2) is 5.17. The minimum atomic E-state index is 0.273. The average molecular weight is 228 g/mol. The summed E-state index contributed by atoms with van der Waals surface area (Å²) in [5, 5.41) is 0. The SMILES string of the molecule is CC(C)CC1=NC(c2ccc(N)cc2)CC=C1. The van der Waals surface area contributed by atoms with E-state index in [2.05, 4.69) is 38.1 Å². The van der Waals surface area contributed by atoms with Gasteiger partial charge in [0.25, 0.3) is 0 Å². The van der Waals surface area contributed by atoms with E-state index < -0.39 is 0 Å². The second-order valence-corrected chi connectivity index (χ2v) is 5.04. The fraction of sp³-hybridized carbons (Fsp3) is 0.400. The summed E-state index contributed by atoms with van der Waals surface area (Å²) in [6, 6.07) is 8.33. The Morgan fingerprint density at radius 1 is 1.29 bits per heavy atom. The number of hydrogen-bond donors (Lipinski definition) is 1. The Kier molecular flexibility index (Phi) is 3.62. The number of rotatable bonds is 3.